The average Bonchev–Trinajstić information content (AvgIpc) is 3.04. The van der Waals surface area contributed by atoms with Crippen molar-refractivity contribution in [3.8, 4) is 11.5 Å². The number of nitrogens with one attached hydrogen (secondary N) is 2. The smallest absolute Gasteiger partial charge is 0.222 e. The fraction of sp³-hybridized carbons (Fsp3) is 0.222. The SMILES string of the molecule is CC/C(=N/Nc1nc2ccccc2[nH]1)c1ccc(OC)c(OC)c1. The number of aromatic nitrogens is 2. The third kappa shape index (κ3) is 3.17. The van der Waals surface area contributed by atoms with Crippen LogP contribution in [0.1, 0.15) is 18.9 Å². The predicted molar refractivity (Wildman–Crippen MR) is 96.1 cm³/mol. The van der Waals surface area contributed by atoms with Crippen LogP contribution in [0.5, 0.6) is 11.5 Å². The summed E-state index contributed by atoms with van der Waals surface area (Å²) in [7, 11) is 3.24. The number of H-pyrrole nitrogens is 1. The Morgan fingerprint density at radius 2 is 1.92 bits per heavy atom. The van der Waals surface area contributed by atoms with Gasteiger partial charge in [-0.25, -0.2) is 10.4 Å². The lowest BCUT2D eigenvalue weighted by atomic mass is 10.1. The number of methoxy groups -OCH3 is 2. The fourth-order valence-electron chi connectivity index (χ4n) is 2.49. The predicted octanol–water partition coefficient (Wildman–Crippen LogP) is 3.81. The van der Waals surface area contributed by atoms with Crippen molar-refractivity contribution in [2.45, 2.75) is 13.3 Å². The lowest BCUT2D eigenvalue weighted by Gasteiger charge is -2.10. The number of rotatable bonds is 6. The van der Waals surface area contributed by atoms with Gasteiger partial charge in [0.25, 0.3) is 0 Å². The quantitative estimate of drug-likeness (QED) is 0.534. The van der Waals surface area contributed by atoms with E-state index >= 15 is 0 Å². The molecule has 0 aliphatic heterocycles. The van der Waals surface area contributed by atoms with E-state index in [4.69, 9.17) is 9.47 Å². The summed E-state index contributed by atoms with van der Waals surface area (Å²) in [6.07, 6.45) is 0.767. The lowest BCUT2D eigenvalue weighted by molar-refractivity contribution is 0.355. The Morgan fingerprint density at radius 1 is 1.12 bits per heavy atom. The Morgan fingerprint density at radius 3 is 2.62 bits per heavy atom. The Balaban J connectivity index is 1.86. The van der Waals surface area contributed by atoms with Gasteiger partial charge in [0.05, 0.1) is 31.0 Å². The molecule has 2 aromatic carbocycles. The number of anilines is 1. The number of ether oxygens (including phenoxy) is 2. The molecule has 3 rings (SSSR count). The standard InChI is InChI=1S/C18H20N4O2/c1-4-13(12-9-10-16(23-2)17(11-12)24-3)21-22-18-19-14-7-5-6-8-15(14)20-18/h5-11H,4H2,1-3H3,(H2,19,20,22)/b21-13-. The maximum atomic E-state index is 5.36. The zero-order valence-electron chi connectivity index (χ0n) is 14.0. The van der Waals surface area contributed by atoms with Gasteiger partial charge < -0.3 is 14.5 Å². The molecule has 6 heteroatoms. The largest absolute Gasteiger partial charge is 0.493 e. The van der Waals surface area contributed by atoms with Crippen LogP contribution in [0.15, 0.2) is 47.6 Å². The van der Waals surface area contributed by atoms with Crippen LogP contribution >= 0.6 is 0 Å². The molecule has 2 N–H and O–H groups in total. The molecule has 0 saturated carbocycles. The molecule has 6 nitrogen and oxygen atoms in total. The van der Waals surface area contributed by atoms with Crippen LogP contribution in [0.4, 0.5) is 5.95 Å². The van der Waals surface area contributed by atoms with E-state index in [2.05, 4.69) is 27.4 Å². The van der Waals surface area contributed by atoms with Crippen molar-refractivity contribution in [1.82, 2.24) is 9.97 Å². The summed E-state index contributed by atoms with van der Waals surface area (Å²) in [5.74, 6) is 1.99. The molecule has 0 bridgehead atoms. The molecule has 1 heterocycles. The monoisotopic (exact) mass is 324 g/mol. The molecule has 0 aliphatic carbocycles. The number of aromatic amines is 1. The lowest BCUT2D eigenvalue weighted by Crippen LogP contribution is -2.04. The molecule has 3 aromatic rings. The molecule has 0 amide bonds. The maximum Gasteiger partial charge on any atom is 0.222 e. The van der Waals surface area contributed by atoms with Gasteiger partial charge in [0.2, 0.25) is 5.95 Å². The number of nitrogens with zero attached hydrogens (tertiary/aromatic N) is 2. The van der Waals surface area contributed by atoms with E-state index < -0.39 is 0 Å². The highest BCUT2D eigenvalue weighted by molar-refractivity contribution is 6.01. The minimum Gasteiger partial charge on any atom is -0.493 e. The normalized spacial score (nSPS) is 11.5. The van der Waals surface area contributed by atoms with E-state index in [9.17, 15) is 0 Å². The van der Waals surface area contributed by atoms with Gasteiger partial charge in [-0.3, -0.25) is 0 Å². The summed E-state index contributed by atoms with van der Waals surface area (Å²) in [5, 5.41) is 4.49. The first kappa shape index (κ1) is 15.9. The topological polar surface area (TPSA) is 71.5 Å². The van der Waals surface area contributed by atoms with Crippen LogP contribution in [0.3, 0.4) is 0 Å². The first-order valence-corrected chi connectivity index (χ1v) is 7.75. The molecule has 0 fully saturated rings. The van der Waals surface area contributed by atoms with Gasteiger partial charge >= 0.3 is 0 Å². The highest BCUT2D eigenvalue weighted by Gasteiger charge is 2.09. The Labute approximate surface area is 140 Å². The molecule has 124 valence electrons. The van der Waals surface area contributed by atoms with Crippen LogP contribution in [0.2, 0.25) is 0 Å². The van der Waals surface area contributed by atoms with Crippen molar-refractivity contribution < 1.29 is 9.47 Å². The Bertz CT molecular complexity index is 837. The van der Waals surface area contributed by atoms with Crippen LogP contribution in [0.25, 0.3) is 11.0 Å². The maximum absolute atomic E-state index is 5.36. The highest BCUT2D eigenvalue weighted by Crippen LogP contribution is 2.28. The van der Waals surface area contributed by atoms with E-state index in [0.717, 1.165) is 28.7 Å². The van der Waals surface area contributed by atoms with Gasteiger partial charge in [0.15, 0.2) is 11.5 Å². The molecule has 0 aliphatic rings. The zero-order chi connectivity index (χ0) is 16.9. The van der Waals surface area contributed by atoms with Gasteiger partial charge in [-0.1, -0.05) is 19.1 Å². The fourth-order valence-corrected chi connectivity index (χ4v) is 2.49. The second-order valence-corrected chi connectivity index (χ2v) is 5.20. The van der Waals surface area contributed by atoms with Gasteiger partial charge in [-0.15, -0.1) is 0 Å². The van der Waals surface area contributed by atoms with Crippen molar-refractivity contribution in [3.63, 3.8) is 0 Å². The number of fused-ring (bicyclic) bond motifs is 1. The molecule has 24 heavy (non-hydrogen) atoms. The number of imidazole rings is 1. The van der Waals surface area contributed by atoms with Gasteiger partial charge in [-0.2, -0.15) is 5.10 Å². The summed E-state index contributed by atoms with van der Waals surface area (Å²) in [6, 6.07) is 13.6. The van der Waals surface area contributed by atoms with E-state index in [0.29, 0.717) is 17.4 Å². The van der Waals surface area contributed by atoms with E-state index in [-0.39, 0.29) is 0 Å². The molecule has 0 atom stereocenters. The van der Waals surface area contributed by atoms with Crippen molar-refractivity contribution in [2.24, 2.45) is 5.10 Å². The molecule has 0 saturated heterocycles. The van der Waals surface area contributed by atoms with Crippen molar-refractivity contribution in [1.29, 1.82) is 0 Å². The van der Waals surface area contributed by atoms with E-state index in [1.54, 1.807) is 14.2 Å². The Hall–Kier alpha value is -3.02. The minimum atomic E-state index is 0.614. The molecular weight excluding hydrogens is 304 g/mol. The first-order chi connectivity index (χ1) is 11.7. The van der Waals surface area contributed by atoms with Crippen molar-refractivity contribution in [2.75, 3.05) is 19.6 Å². The summed E-state index contributed by atoms with van der Waals surface area (Å²) in [5.41, 5.74) is 6.74. The van der Waals surface area contributed by atoms with Crippen LogP contribution in [-0.4, -0.2) is 29.9 Å². The first-order valence-electron chi connectivity index (χ1n) is 7.75. The van der Waals surface area contributed by atoms with Gasteiger partial charge in [0.1, 0.15) is 0 Å². The van der Waals surface area contributed by atoms with E-state index in [1.807, 2.05) is 42.5 Å². The van der Waals surface area contributed by atoms with Crippen molar-refractivity contribution in [3.05, 3.63) is 48.0 Å². The molecular formula is C18H20N4O2. The van der Waals surface area contributed by atoms with E-state index in [1.165, 1.54) is 0 Å². The number of hydrazone groups is 1. The minimum absolute atomic E-state index is 0.614. The third-order valence-electron chi connectivity index (χ3n) is 3.74. The third-order valence-corrected chi connectivity index (χ3v) is 3.74. The molecule has 1 aromatic heterocycles. The Kier molecular flexibility index (Phi) is 4.65. The van der Waals surface area contributed by atoms with Crippen molar-refractivity contribution >= 4 is 22.7 Å². The van der Waals surface area contributed by atoms with Crippen LogP contribution < -0.4 is 14.9 Å². The van der Waals surface area contributed by atoms with Gasteiger partial charge in [0, 0.05) is 5.56 Å². The summed E-state index contributed by atoms with van der Waals surface area (Å²) < 4.78 is 10.6. The molecule has 0 radical (unpaired) electrons. The van der Waals surface area contributed by atoms with Crippen LogP contribution in [-0.2, 0) is 0 Å². The summed E-state index contributed by atoms with van der Waals surface area (Å²) in [4.78, 5) is 7.65. The summed E-state index contributed by atoms with van der Waals surface area (Å²) in [6.45, 7) is 2.05. The zero-order valence-corrected chi connectivity index (χ0v) is 14.0. The second-order valence-electron chi connectivity index (χ2n) is 5.20. The number of hydrogen-bond acceptors (Lipinski definition) is 5. The number of benzene rings is 2. The molecule has 0 spiro atoms. The number of hydrogen-bond donors (Lipinski definition) is 2. The van der Waals surface area contributed by atoms with Gasteiger partial charge in [-0.05, 0) is 36.8 Å². The summed E-state index contributed by atoms with van der Waals surface area (Å²) >= 11 is 0. The average molecular weight is 324 g/mol. The number of para-hydroxylation sites is 2. The van der Waals surface area contributed by atoms with Crippen LogP contribution in [0, 0.1) is 0 Å². The highest BCUT2D eigenvalue weighted by atomic mass is 16.5. The molecule has 0 unspecified atom stereocenters. The second kappa shape index (κ2) is 7.04.